The second kappa shape index (κ2) is 6.41. The largest absolute Gasteiger partial charge is 0.329 e. The Morgan fingerprint density at radius 3 is 2.79 bits per heavy atom. The number of nitrogens with two attached hydrogens (primary N) is 1. The van der Waals surface area contributed by atoms with Crippen molar-refractivity contribution in [2.75, 3.05) is 13.6 Å². The quantitative estimate of drug-likeness (QED) is 0.896. The zero-order valence-electron chi connectivity index (χ0n) is 11.0. The minimum atomic E-state index is -0.212. The van der Waals surface area contributed by atoms with Crippen molar-refractivity contribution in [1.29, 1.82) is 0 Å². The van der Waals surface area contributed by atoms with Crippen LogP contribution in [-0.4, -0.2) is 23.5 Å². The number of halogens is 1. The Kier molecular flexibility index (Phi) is 4.60. The summed E-state index contributed by atoms with van der Waals surface area (Å²) in [5.74, 6) is -0.212. The molecule has 19 heavy (non-hydrogen) atoms. The van der Waals surface area contributed by atoms with Crippen molar-refractivity contribution in [3.63, 3.8) is 0 Å². The van der Waals surface area contributed by atoms with Crippen molar-refractivity contribution in [3.8, 4) is 0 Å². The van der Waals surface area contributed by atoms with E-state index in [4.69, 9.17) is 5.73 Å². The van der Waals surface area contributed by atoms with Gasteiger partial charge in [0, 0.05) is 31.5 Å². The van der Waals surface area contributed by atoms with Crippen molar-refractivity contribution in [2.24, 2.45) is 5.73 Å². The standard InChI is InChI=1S/C15H18FN3/c1-19(11-12-4-2-6-14(16)8-12)15(9-17)13-5-3-7-18-10-13/h2-8,10,15H,9,11,17H2,1H3. The number of benzene rings is 1. The number of likely N-dealkylation sites (N-methyl/N-ethyl adjacent to an activating group) is 1. The van der Waals surface area contributed by atoms with Crippen molar-refractivity contribution in [3.05, 3.63) is 65.7 Å². The van der Waals surface area contributed by atoms with Gasteiger partial charge in [-0.2, -0.15) is 0 Å². The van der Waals surface area contributed by atoms with E-state index in [1.165, 1.54) is 6.07 Å². The van der Waals surface area contributed by atoms with Gasteiger partial charge in [0.05, 0.1) is 0 Å². The average Bonchev–Trinajstić information content (AvgIpc) is 2.41. The number of hydrogen-bond acceptors (Lipinski definition) is 3. The van der Waals surface area contributed by atoms with E-state index in [1.807, 2.05) is 31.4 Å². The molecule has 3 nitrogen and oxygen atoms in total. The number of aromatic nitrogens is 1. The molecule has 0 fully saturated rings. The first kappa shape index (κ1) is 13.6. The molecule has 0 bridgehead atoms. The fourth-order valence-electron chi connectivity index (χ4n) is 2.18. The van der Waals surface area contributed by atoms with Crippen LogP contribution in [0, 0.1) is 5.82 Å². The summed E-state index contributed by atoms with van der Waals surface area (Å²) in [5.41, 5.74) is 7.85. The van der Waals surface area contributed by atoms with Crippen LogP contribution in [-0.2, 0) is 6.54 Å². The Balaban J connectivity index is 2.11. The second-order valence-electron chi connectivity index (χ2n) is 4.58. The van der Waals surface area contributed by atoms with Gasteiger partial charge in [-0.15, -0.1) is 0 Å². The lowest BCUT2D eigenvalue weighted by Gasteiger charge is -2.27. The van der Waals surface area contributed by atoms with Crippen molar-refractivity contribution >= 4 is 0 Å². The van der Waals surface area contributed by atoms with Gasteiger partial charge < -0.3 is 5.73 Å². The van der Waals surface area contributed by atoms with Crippen molar-refractivity contribution < 1.29 is 4.39 Å². The minimum Gasteiger partial charge on any atom is -0.329 e. The lowest BCUT2D eigenvalue weighted by Crippen LogP contribution is -2.30. The van der Waals surface area contributed by atoms with Gasteiger partial charge in [-0.05, 0) is 36.4 Å². The van der Waals surface area contributed by atoms with E-state index in [0.29, 0.717) is 13.1 Å². The average molecular weight is 259 g/mol. The Morgan fingerprint density at radius 1 is 1.32 bits per heavy atom. The Morgan fingerprint density at radius 2 is 2.16 bits per heavy atom. The van der Waals surface area contributed by atoms with E-state index in [9.17, 15) is 4.39 Å². The Labute approximate surface area is 112 Å². The molecule has 0 spiro atoms. The molecule has 1 aromatic carbocycles. The molecule has 0 aliphatic rings. The van der Waals surface area contributed by atoms with Gasteiger partial charge in [-0.1, -0.05) is 18.2 Å². The maximum atomic E-state index is 13.2. The van der Waals surface area contributed by atoms with Crippen molar-refractivity contribution in [1.82, 2.24) is 9.88 Å². The van der Waals surface area contributed by atoms with Crippen LogP contribution in [0.2, 0.25) is 0 Å². The van der Waals surface area contributed by atoms with Crippen LogP contribution in [0.25, 0.3) is 0 Å². The van der Waals surface area contributed by atoms with Gasteiger partial charge >= 0.3 is 0 Å². The van der Waals surface area contributed by atoms with Gasteiger partial charge in [0.15, 0.2) is 0 Å². The molecule has 0 aliphatic carbocycles. The first-order valence-corrected chi connectivity index (χ1v) is 6.25. The number of pyridine rings is 1. The van der Waals surface area contributed by atoms with E-state index in [-0.39, 0.29) is 11.9 Å². The summed E-state index contributed by atoms with van der Waals surface area (Å²) in [6, 6.07) is 10.6. The summed E-state index contributed by atoms with van der Waals surface area (Å²) >= 11 is 0. The lowest BCUT2D eigenvalue weighted by molar-refractivity contribution is 0.241. The molecule has 0 saturated heterocycles. The lowest BCUT2D eigenvalue weighted by atomic mass is 10.1. The third kappa shape index (κ3) is 3.59. The van der Waals surface area contributed by atoms with Crippen LogP contribution in [0.4, 0.5) is 4.39 Å². The zero-order valence-corrected chi connectivity index (χ0v) is 11.0. The minimum absolute atomic E-state index is 0.0805. The monoisotopic (exact) mass is 259 g/mol. The van der Waals surface area contributed by atoms with E-state index in [2.05, 4.69) is 9.88 Å². The van der Waals surface area contributed by atoms with E-state index in [0.717, 1.165) is 11.1 Å². The molecule has 1 heterocycles. The molecule has 0 aliphatic heterocycles. The van der Waals surface area contributed by atoms with Crippen LogP contribution in [0.5, 0.6) is 0 Å². The maximum absolute atomic E-state index is 13.2. The third-order valence-electron chi connectivity index (χ3n) is 3.15. The topological polar surface area (TPSA) is 42.1 Å². The Bertz CT molecular complexity index is 516. The molecule has 1 atom stereocenters. The predicted molar refractivity (Wildman–Crippen MR) is 73.9 cm³/mol. The number of hydrogen-bond donors (Lipinski definition) is 1. The normalized spacial score (nSPS) is 12.6. The van der Waals surface area contributed by atoms with Crippen LogP contribution in [0.15, 0.2) is 48.8 Å². The SMILES string of the molecule is CN(Cc1cccc(F)c1)C(CN)c1cccnc1. The summed E-state index contributed by atoms with van der Waals surface area (Å²) in [7, 11) is 1.98. The smallest absolute Gasteiger partial charge is 0.123 e. The van der Waals surface area contributed by atoms with E-state index in [1.54, 1.807) is 18.3 Å². The fourth-order valence-corrected chi connectivity index (χ4v) is 2.18. The molecule has 2 N–H and O–H groups in total. The zero-order chi connectivity index (χ0) is 13.7. The molecular formula is C15H18FN3. The van der Waals surface area contributed by atoms with Crippen LogP contribution < -0.4 is 5.73 Å². The highest BCUT2D eigenvalue weighted by atomic mass is 19.1. The summed E-state index contributed by atoms with van der Waals surface area (Å²) in [4.78, 5) is 6.22. The molecule has 100 valence electrons. The summed E-state index contributed by atoms with van der Waals surface area (Å²) < 4.78 is 13.2. The highest BCUT2D eigenvalue weighted by Crippen LogP contribution is 2.19. The summed E-state index contributed by atoms with van der Waals surface area (Å²) in [5, 5.41) is 0. The highest BCUT2D eigenvalue weighted by molar-refractivity contribution is 5.18. The molecule has 4 heteroatoms. The van der Waals surface area contributed by atoms with E-state index >= 15 is 0 Å². The molecule has 2 aromatic rings. The van der Waals surface area contributed by atoms with Gasteiger partial charge in [0.25, 0.3) is 0 Å². The molecular weight excluding hydrogens is 241 g/mol. The third-order valence-corrected chi connectivity index (χ3v) is 3.15. The fraction of sp³-hybridized carbons (Fsp3) is 0.267. The van der Waals surface area contributed by atoms with Crippen LogP contribution in [0.1, 0.15) is 17.2 Å². The first-order chi connectivity index (χ1) is 9.20. The maximum Gasteiger partial charge on any atom is 0.123 e. The summed E-state index contributed by atoms with van der Waals surface area (Å²) in [6.45, 7) is 1.14. The van der Waals surface area contributed by atoms with Gasteiger partial charge in [0.1, 0.15) is 5.82 Å². The van der Waals surface area contributed by atoms with E-state index < -0.39 is 0 Å². The summed E-state index contributed by atoms with van der Waals surface area (Å²) in [6.07, 6.45) is 3.56. The first-order valence-electron chi connectivity index (χ1n) is 6.25. The predicted octanol–water partition coefficient (Wildman–Crippen LogP) is 2.35. The molecule has 0 amide bonds. The molecule has 0 saturated carbocycles. The second-order valence-corrected chi connectivity index (χ2v) is 4.58. The molecule has 2 rings (SSSR count). The van der Waals surface area contributed by atoms with Gasteiger partial charge in [-0.3, -0.25) is 9.88 Å². The molecule has 0 radical (unpaired) electrons. The van der Waals surface area contributed by atoms with Gasteiger partial charge in [0.2, 0.25) is 0 Å². The van der Waals surface area contributed by atoms with Crippen LogP contribution in [0.3, 0.4) is 0 Å². The van der Waals surface area contributed by atoms with Crippen molar-refractivity contribution in [2.45, 2.75) is 12.6 Å². The highest BCUT2D eigenvalue weighted by Gasteiger charge is 2.15. The Hall–Kier alpha value is -1.78. The number of rotatable bonds is 5. The molecule has 1 unspecified atom stereocenters. The van der Waals surface area contributed by atoms with Crippen LogP contribution >= 0.6 is 0 Å². The van der Waals surface area contributed by atoms with Gasteiger partial charge in [-0.25, -0.2) is 4.39 Å². The molecule has 1 aromatic heterocycles. The number of nitrogens with zero attached hydrogens (tertiary/aromatic N) is 2.